The van der Waals surface area contributed by atoms with E-state index >= 15 is 0 Å². The summed E-state index contributed by atoms with van der Waals surface area (Å²) in [7, 11) is 0. The molecule has 1 aliphatic carbocycles. The first kappa shape index (κ1) is 15.3. The summed E-state index contributed by atoms with van der Waals surface area (Å²) in [4.78, 5) is 2.69. The Hall–Kier alpha value is -1.61. The van der Waals surface area contributed by atoms with Gasteiger partial charge in [-0.05, 0) is 56.3 Å². The molecule has 1 atom stereocenters. The largest absolute Gasteiger partial charge is 0.364 e. The van der Waals surface area contributed by atoms with Gasteiger partial charge in [0.15, 0.2) is 0 Å². The fourth-order valence-electron chi connectivity index (χ4n) is 3.74. The highest BCUT2D eigenvalue weighted by Gasteiger charge is 2.25. The third-order valence-corrected chi connectivity index (χ3v) is 4.71. The number of hydrogen-bond acceptors (Lipinski definition) is 3. The van der Waals surface area contributed by atoms with E-state index in [1.807, 2.05) is 6.07 Å². The van der Waals surface area contributed by atoms with Gasteiger partial charge in [-0.2, -0.15) is 0 Å². The molecule has 0 fully saturated rings. The van der Waals surface area contributed by atoms with Crippen molar-refractivity contribution in [2.75, 3.05) is 13.1 Å². The third-order valence-electron chi connectivity index (χ3n) is 4.71. The van der Waals surface area contributed by atoms with Crippen molar-refractivity contribution in [2.45, 2.75) is 52.0 Å². The van der Waals surface area contributed by atoms with Gasteiger partial charge in [0.25, 0.3) is 0 Å². The average molecular weight is 298 g/mol. The number of benzene rings is 1. The second-order valence-electron chi connectivity index (χ2n) is 6.26. The van der Waals surface area contributed by atoms with E-state index in [4.69, 9.17) is 4.52 Å². The van der Waals surface area contributed by atoms with Crippen molar-refractivity contribution < 1.29 is 4.52 Å². The maximum Gasteiger partial charge on any atom is 0.124 e. The number of aromatic nitrogens is 1. The molecule has 1 aromatic heterocycles. The van der Waals surface area contributed by atoms with Gasteiger partial charge in [-0.1, -0.05) is 37.2 Å². The van der Waals surface area contributed by atoms with Crippen molar-refractivity contribution in [2.24, 2.45) is 0 Å². The quantitative estimate of drug-likeness (QED) is 0.795. The van der Waals surface area contributed by atoms with Gasteiger partial charge in [-0.25, -0.2) is 0 Å². The van der Waals surface area contributed by atoms with Crippen molar-refractivity contribution in [1.29, 1.82) is 0 Å². The van der Waals surface area contributed by atoms with Crippen LogP contribution in [0.1, 0.15) is 44.2 Å². The fraction of sp³-hybridized carbons (Fsp3) is 0.526. The first-order chi connectivity index (χ1) is 10.8. The molecule has 0 saturated carbocycles. The van der Waals surface area contributed by atoms with E-state index in [0.717, 1.165) is 12.1 Å². The maximum atomic E-state index is 5.02. The lowest BCUT2D eigenvalue weighted by Gasteiger charge is -2.35. The van der Waals surface area contributed by atoms with Gasteiger partial charge < -0.3 is 9.42 Å². The third kappa shape index (κ3) is 3.09. The molecular weight excluding hydrogens is 272 g/mol. The first-order valence-electron chi connectivity index (χ1n) is 8.59. The second-order valence-corrected chi connectivity index (χ2v) is 6.26. The van der Waals surface area contributed by atoms with Crippen molar-refractivity contribution in [3.05, 3.63) is 41.7 Å². The summed E-state index contributed by atoms with van der Waals surface area (Å²) < 4.78 is 5.02. The van der Waals surface area contributed by atoms with Crippen molar-refractivity contribution in [3.8, 4) is 11.3 Å². The Bertz CT molecular complexity index is 585. The van der Waals surface area contributed by atoms with E-state index in [1.54, 1.807) is 6.26 Å². The minimum Gasteiger partial charge on any atom is -0.364 e. The van der Waals surface area contributed by atoms with Crippen molar-refractivity contribution >= 4 is 0 Å². The van der Waals surface area contributed by atoms with Crippen LogP contribution in [-0.4, -0.2) is 29.2 Å². The Balaban J connectivity index is 1.83. The predicted octanol–water partition coefficient (Wildman–Crippen LogP) is 4.32. The molecule has 22 heavy (non-hydrogen) atoms. The number of fused-ring (bicyclic) bond motifs is 1. The highest BCUT2D eigenvalue weighted by molar-refractivity contribution is 5.65. The van der Waals surface area contributed by atoms with Crippen LogP contribution in [0.5, 0.6) is 0 Å². The van der Waals surface area contributed by atoms with E-state index in [1.165, 1.54) is 55.5 Å². The van der Waals surface area contributed by atoms with E-state index < -0.39 is 0 Å². The number of nitrogens with zero attached hydrogens (tertiary/aromatic N) is 2. The van der Waals surface area contributed by atoms with Gasteiger partial charge in [-0.15, -0.1) is 0 Å². The highest BCUT2D eigenvalue weighted by Crippen LogP contribution is 2.32. The molecule has 0 bridgehead atoms. The molecule has 0 N–H and O–H groups in total. The second kappa shape index (κ2) is 7.10. The molecule has 0 saturated heterocycles. The van der Waals surface area contributed by atoms with Crippen LogP contribution < -0.4 is 0 Å². The molecule has 3 nitrogen and oxygen atoms in total. The first-order valence-corrected chi connectivity index (χ1v) is 8.59. The van der Waals surface area contributed by atoms with Gasteiger partial charge >= 0.3 is 0 Å². The van der Waals surface area contributed by atoms with Crippen LogP contribution >= 0.6 is 0 Å². The van der Waals surface area contributed by atoms with Gasteiger partial charge in [0.2, 0.25) is 0 Å². The minimum atomic E-state index is 0.694. The lowest BCUT2D eigenvalue weighted by molar-refractivity contribution is 0.180. The van der Waals surface area contributed by atoms with Crippen LogP contribution in [0.3, 0.4) is 0 Å². The summed E-state index contributed by atoms with van der Waals surface area (Å²) in [5.41, 5.74) is 5.19. The molecule has 0 radical (unpaired) electrons. The van der Waals surface area contributed by atoms with Crippen LogP contribution in [0.4, 0.5) is 0 Å². The maximum absolute atomic E-state index is 5.02. The molecule has 0 aliphatic heterocycles. The molecule has 1 aliphatic rings. The van der Waals surface area contributed by atoms with Crippen molar-refractivity contribution in [1.82, 2.24) is 10.1 Å². The van der Waals surface area contributed by atoms with Gasteiger partial charge in [0.05, 0.1) is 0 Å². The molecule has 1 unspecified atom stereocenters. The Morgan fingerprint density at radius 1 is 1.18 bits per heavy atom. The molecule has 0 spiro atoms. The Labute approximate surface area is 133 Å². The normalized spacial score (nSPS) is 17.7. The highest BCUT2D eigenvalue weighted by atomic mass is 16.5. The van der Waals surface area contributed by atoms with E-state index in [9.17, 15) is 0 Å². The van der Waals surface area contributed by atoms with Crippen LogP contribution in [0, 0.1) is 0 Å². The van der Waals surface area contributed by atoms with E-state index in [2.05, 4.69) is 42.1 Å². The summed E-state index contributed by atoms with van der Waals surface area (Å²) in [6, 6.07) is 9.28. The number of rotatable bonds is 6. The Kier molecular flexibility index (Phi) is 4.94. The molecule has 3 heteroatoms. The summed E-state index contributed by atoms with van der Waals surface area (Å²) in [5, 5.41) is 4.12. The van der Waals surface area contributed by atoms with Crippen LogP contribution in [0.25, 0.3) is 11.3 Å². The number of hydrogen-bond donors (Lipinski definition) is 0. The fourth-order valence-corrected chi connectivity index (χ4v) is 3.74. The lowest BCUT2D eigenvalue weighted by atomic mass is 9.84. The summed E-state index contributed by atoms with van der Waals surface area (Å²) >= 11 is 0. The van der Waals surface area contributed by atoms with Crippen LogP contribution in [-0.2, 0) is 12.8 Å². The van der Waals surface area contributed by atoms with Gasteiger partial charge in [0, 0.05) is 17.7 Å². The minimum absolute atomic E-state index is 0.694. The smallest absolute Gasteiger partial charge is 0.124 e. The van der Waals surface area contributed by atoms with Gasteiger partial charge in [0.1, 0.15) is 12.0 Å². The molecule has 118 valence electrons. The van der Waals surface area contributed by atoms with Crippen LogP contribution in [0.2, 0.25) is 0 Å². The van der Waals surface area contributed by atoms with Gasteiger partial charge in [-0.3, -0.25) is 0 Å². The molecule has 1 aromatic carbocycles. The standard InChI is InChI=1S/C19H26N2O/c1-3-11-21(12-4-2)16-8-9-17-15(14-16)6-5-7-18(17)19-10-13-22-20-19/h5-7,10,13,16H,3-4,8-9,11-12,14H2,1-2H3. The Morgan fingerprint density at radius 3 is 2.68 bits per heavy atom. The SMILES string of the molecule is CCCN(CCC)C1CCc2c(cccc2-c2ccon2)C1. The van der Waals surface area contributed by atoms with E-state index in [0.29, 0.717) is 6.04 Å². The molecule has 0 amide bonds. The predicted molar refractivity (Wildman–Crippen MR) is 89.9 cm³/mol. The zero-order valence-electron chi connectivity index (χ0n) is 13.7. The molecule has 2 aromatic rings. The van der Waals surface area contributed by atoms with Crippen molar-refractivity contribution in [3.63, 3.8) is 0 Å². The summed E-state index contributed by atoms with van der Waals surface area (Å²) in [5.74, 6) is 0. The summed E-state index contributed by atoms with van der Waals surface area (Å²) in [6.07, 6.45) is 7.70. The lowest BCUT2D eigenvalue weighted by Crippen LogP contribution is -2.40. The topological polar surface area (TPSA) is 29.3 Å². The van der Waals surface area contributed by atoms with Crippen LogP contribution in [0.15, 0.2) is 35.1 Å². The monoisotopic (exact) mass is 298 g/mol. The zero-order chi connectivity index (χ0) is 15.4. The molecule has 3 rings (SSSR count). The molecular formula is C19H26N2O. The average Bonchev–Trinajstić information content (AvgIpc) is 3.08. The zero-order valence-corrected chi connectivity index (χ0v) is 13.7. The molecule has 1 heterocycles. The van der Waals surface area contributed by atoms with E-state index in [-0.39, 0.29) is 0 Å². The Morgan fingerprint density at radius 2 is 2.00 bits per heavy atom. The summed E-state index contributed by atoms with van der Waals surface area (Å²) in [6.45, 7) is 7.00.